The van der Waals surface area contributed by atoms with Crippen LogP contribution in [0.25, 0.3) is 0 Å². The van der Waals surface area contributed by atoms with Crippen molar-refractivity contribution in [1.82, 2.24) is 14.5 Å². The molecule has 8 heteroatoms. The molecule has 0 bridgehead atoms. The highest BCUT2D eigenvalue weighted by Crippen LogP contribution is 2.30. The van der Waals surface area contributed by atoms with Crippen LogP contribution in [0.15, 0.2) is 28.3 Å². The Kier molecular flexibility index (Phi) is 4.06. The highest BCUT2D eigenvalue weighted by atomic mass is 35.5. The minimum atomic E-state index is -0.290. The number of carbonyl (C=O) groups excluding carboxylic acids is 1. The first kappa shape index (κ1) is 16.0. The molecule has 1 amide bonds. The zero-order valence-electron chi connectivity index (χ0n) is 12.6. The molecule has 124 valence electrons. The van der Waals surface area contributed by atoms with Crippen LogP contribution >= 0.6 is 35.0 Å². The number of hydrogen-bond acceptors (Lipinski definition) is 4. The van der Waals surface area contributed by atoms with E-state index in [1.807, 2.05) is 6.07 Å². The van der Waals surface area contributed by atoms with Crippen molar-refractivity contribution in [3.8, 4) is 0 Å². The number of aromatic nitrogens is 2. The largest absolute Gasteiger partial charge is 0.334 e. The predicted octanol–water partition coefficient (Wildman–Crippen LogP) is 2.85. The number of halogens is 2. The van der Waals surface area contributed by atoms with Crippen molar-refractivity contribution < 1.29 is 4.79 Å². The van der Waals surface area contributed by atoms with Gasteiger partial charge in [0.2, 0.25) is 0 Å². The lowest BCUT2D eigenvalue weighted by molar-refractivity contribution is 0.0731. The molecule has 0 N–H and O–H groups in total. The van der Waals surface area contributed by atoms with Gasteiger partial charge in [0.05, 0.1) is 0 Å². The predicted molar refractivity (Wildman–Crippen MR) is 94.1 cm³/mol. The number of benzene rings is 1. The molecule has 0 aliphatic carbocycles. The van der Waals surface area contributed by atoms with Crippen LogP contribution in [0.3, 0.4) is 0 Å². The van der Waals surface area contributed by atoms with Crippen molar-refractivity contribution in [3.05, 3.63) is 55.4 Å². The second-order valence-corrected chi connectivity index (χ2v) is 7.67. The van der Waals surface area contributed by atoms with E-state index in [2.05, 4.69) is 4.98 Å². The Morgan fingerprint density at radius 1 is 1.25 bits per heavy atom. The maximum absolute atomic E-state index is 12.8. The van der Waals surface area contributed by atoms with Gasteiger partial charge in [0, 0.05) is 41.6 Å². The molecular formula is C16H13Cl2N3O2S. The quantitative estimate of drug-likeness (QED) is 0.712. The number of rotatable bonds is 1. The molecule has 0 fully saturated rings. The molecule has 2 aliphatic rings. The zero-order chi connectivity index (χ0) is 16.8. The van der Waals surface area contributed by atoms with Gasteiger partial charge in [0.1, 0.15) is 5.56 Å². The molecule has 0 atom stereocenters. The SMILES string of the molecule is O=C(c1cnc2n(c1=O)CCS2)N1CCc2c(Cl)cc(Cl)cc2C1. The van der Waals surface area contributed by atoms with Crippen molar-refractivity contribution in [2.45, 2.75) is 24.7 Å². The van der Waals surface area contributed by atoms with Gasteiger partial charge in [-0.1, -0.05) is 35.0 Å². The van der Waals surface area contributed by atoms with E-state index in [1.165, 1.54) is 18.0 Å². The van der Waals surface area contributed by atoms with E-state index in [0.717, 1.165) is 16.9 Å². The van der Waals surface area contributed by atoms with Gasteiger partial charge in [0.25, 0.3) is 11.5 Å². The molecule has 1 aromatic carbocycles. The summed E-state index contributed by atoms with van der Waals surface area (Å²) in [7, 11) is 0. The molecule has 3 heterocycles. The molecule has 2 aliphatic heterocycles. The van der Waals surface area contributed by atoms with Gasteiger partial charge < -0.3 is 4.90 Å². The summed E-state index contributed by atoms with van der Waals surface area (Å²) in [5.41, 5.74) is 1.81. The van der Waals surface area contributed by atoms with Crippen molar-refractivity contribution in [2.75, 3.05) is 12.3 Å². The van der Waals surface area contributed by atoms with E-state index in [9.17, 15) is 9.59 Å². The van der Waals surface area contributed by atoms with Gasteiger partial charge in [-0.2, -0.15) is 0 Å². The van der Waals surface area contributed by atoms with E-state index >= 15 is 0 Å². The summed E-state index contributed by atoms with van der Waals surface area (Å²) in [6.45, 7) is 1.51. The third-order valence-corrected chi connectivity index (χ3v) is 5.85. The summed E-state index contributed by atoms with van der Waals surface area (Å²) >= 11 is 13.8. The number of nitrogens with zero attached hydrogens (tertiary/aromatic N) is 3. The summed E-state index contributed by atoms with van der Waals surface area (Å²) < 4.78 is 1.57. The first-order chi connectivity index (χ1) is 11.5. The van der Waals surface area contributed by atoms with Crippen LogP contribution in [0.2, 0.25) is 10.0 Å². The number of carbonyl (C=O) groups is 1. The average Bonchev–Trinajstić information content (AvgIpc) is 3.03. The fourth-order valence-corrected chi connectivity index (χ4v) is 4.66. The Bertz CT molecular complexity index is 913. The highest BCUT2D eigenvalue weighted by molar-refractivity contribution is 7.99. The Hall–Kier alpha value is -1.50. The van der Waals surface area contributed by atoms with Gasteiger partial charge in [-0.05, 0) is 29.7 Å². The molecule has 24 heavy (non-hydrogen) atoms. The molecule has 5 nitrogen and oxygen atoms in total. The number of thioether (sulfide) groups is 1. The van der Waals surface area contributed by atoms with Crippen molar-refractivity contribution >= 4 is 40.9 Å². The molecular weight excluding hydrogens is 369 g/mol. The minimum Gasteiger partial charge on any atom is -0.334 e. The summed E-state index contributed by atoms with van der Waals surface area (Å²) in [5.74, 6) is 0.523. The average molecular weight is 382 g/mol. The monoisotopic (exact) mass is 381 g/mol. The smallest absolute Gasteiger partial charge is 0.267 e. The molecule has 0 saturated heterocycles. The minimum absolute atomic E-state index is 0.123. The van der Waals surface area contributed by atoms with Crippen LogP contribution in [0.1, 0.15) is 21.5 Å². The Morgan fingerprint density at radius 3 is 2.92 bits per heavy atom. The van der Waals surface area contributed by atoms with Gasteiger partial charge in [-0.15, -0.1) is 0 Å². The van der Waals surface area contributed by atoms with Crippen molar-refractivity contribution in [2.24, 2.45) is 0 Å². The molecule has 4 rings (SSSR count). The van der Waals surface area contributed by atoms with Crippen LogP contribution in [0.5, 0.6) is 0 Å². The van der Waals surface area contributed by atoms with Gasteiger partial charge >= 0.3 is 0 Å². The maximum Gasteiger partial charge on any atom is 0.267 e. The molecule has 2 aromatic rings. The Morgan fingerprint density at radius 2 is 2.08 bits per heavy atom. The van der Waals surface area contributed by atoms with Gasteiger partial charge in [0.15, 0.2) is 5.16 Å². The molecule has 0 radical (unpaired) electrons. The third-order valence-electron chi connectivity index (χ3n) is 4.32. The number of hydrogen-bond donors (Lipinski definition) is 0. The zero-order valence-corrected chi connectivity index (χ0v) is 14.9. The topological polar surface area (TPSA) is 55.2 Å². The Labute approximate surface area is 152 Å². The lowest BCUT2D eigenvalue weighted by Crippen LogP contribution is -2.40. The first-order valence-corrected chi connectivity index (χ1v) is 9.27. The maximum atomic E-state index is 12.8. The van der Waals surface area contributed by atoms with Crippen molar-refractivity contribution in [1.29, 1.82) is 0 Å². The van der Waals surface area contributed by atoms with E-state index in [4.69, 9.17) is 23.2 Å². The van der Waals surface area contributed by atoms with Crippen LogP contribution in [-0.2, 0) is 19.5 Å². The van der Waals surface area contributed by atoms with E-state index in [1.54, 1.807) is 15.5 Å². The molecule has 0 saturated carbocycles. The third kappa shape index (κ3) is 2.62. The van der Waals surface area contributed by atoms with E-state index < -0.39 is 0 Å². The normalized spacial score (nSPS) is 16.0. The number of amides is 1. The standard InChI is InChI=1S/C16H13Cl2N3O2S/c17-10-5-9-8-20(2-1-11(9)13(18)6-10)14(22)12-7-19-16-21(15(12)23)3-4-24-16/h5-7H,1-4,8H2. The molecule has 1 aromatic heterocycles. The highest BCUT2D eigenvalue weighted by Gasteiger charge is 2.27. The summed E-state index contributed by atoms with van der Waals surface area (Å²) in [6, 6.07) is 3.54. The fourth-order valence-electron chi connectivity index (χ4n) is 3.12. The Balaban J connectivity index is 1.66. The van der Waals surface area contributed by atoms with E-state index in [-0.39, 0.29) is 17.0 Å². The van der Waals surface area contributed by atoms with Crippen LogP contribution < -0.4 is 5.56 Å². The second kappa shape index (κ2) is 6.10. The van der Waals surface area contributed by atoms with Crippen LogP contribution in [0, 0.1) is 0 Å². The van der Waals surface area contributed by atoms with Crippen LogP contribution in [0.4, 0.5) is 0 Å². The second-order valence-electron chi connectivity index (χ2n) is 5.76. The fraction of sp³-hybridized carbons (Fsp3) is 0.312. The molecule has 0 unspecified atom stereocenters. The lowest BCUT2D eigenvalue weighted by atomic mass is 9.99. The van der Waals surface area contributed by atoms with E-state index in [0.29, 0.717) is 41.3 Å². The van der Waals surface area contributed by atoms with Crippen molar-refractivity contribution in [3.63, 3.8) is 0 Å². The first-order valence-electron chi connectivity index (χ1n) is 7.53. The summed E-state index contributed by atoms with van der Waals surface area (Å²) in [5, 5.41) is 1.85. The number of fused-ring (bicyclic) bond motifs is 2. The summed E-state index contributed by atoms with van der Waals surface area (Å²) in [4.78, 5) is 31.2. The molecule has 0 spiro atoms. The van der Waals surface area contributed by atoms with Crippen LogP contribution in [-0.4, -0.2) is 32.7 Å². The van der Waals surface area contributed by atoms with Gasteiger partial charge in [-0.3, -0.25) is 14.2 Å². The van der Waals surface area contributed by atoms with Gasteiger partial charge in [-0.25, -0.2) is 4.98 Å². The lowest BCUT2D eigenvalue weighted by Gasteiger charge is -2.29. The summed E-state index contributed by atoms with van der Waals surface area (Å²) in [6.07, 6.45) is 2.04.